The fourth-order valence-electron chi connectivity index (χ4n) is 3.39. The average Bonchev–Trinajstić information content (AvgIpc) is 3.08. The van der Waals surface area contributed by atoms with E-state index in [0.29, 0.717) is 11.4 Å². The topological polar surface area (TPSA) is 176 Å². The van der Waals surface area contributed by atoms with Crippen molar-refractivity contribution < 1.29 is 32.5 Å². The van der Waals surface area contributed by atoms with Gasteiger partial charge in [-0.05, 0) is 43.4 Å². The molecule has 0 spiro atoms. The van der Waals surface area contributed by atoms with Crippen LogP contribution in [0.1, 0.15) is 44.0 Å². The highest BCUT2D eigenvalue weighted by atomic mass is 32.2. The van der Waals surface area contributed by atoms with Crippen LogP contribution in [-0.4, -0.2) is 44.0 Å². The first kappa shape index (κ1) is 23.3. The van der Waals surface area contributed by atoms with Crippen molar-refractivity contribution in [3.63, 3.8) is 0 Å². The molecule has 170 valence electrons. The van der Waals surface area contributed by atoms with E-state index in [2.05, 4.69) is 5.32 Å². The molecule has 1 aliphatic rings. The molecule has 0 bridgehead atoms. The van der Waals surface area contributed by atoms with Gasteiger partial charge in [0.25, 0.3) is 17.5 Å². The number of nitro benzene ring substituents is 1. The van der Waals surface area contributed by atoms with Gasteiger partial charge in [0.15, 0.2) is 16.4 Å². The van der Waals surface area contributed by atoms with Crippen molar-refractivity contribution >= 4 is 49.6 Å². The van der Waals surface area contributed by atoms with Gasteiger partial charge in [0, 0.05) is 17.2 Å². The highest BCUT2D eigenvalue weighted by molar-refractivity contribution is 7.90. The number of hydrogen-bond donors (Lipinski definition) is 2. The zero-order chi connectivity index (χ0) is 23.6. The summed E-state index contributed by atoms with van der Waals surface area (Å²) >= 11 is 1.25. The van der Waals surface area contributed by atoms with Gasteiger partial charge < -0.3 is 15.8 Å². The Balaban J connectivity index is 1.72. The molecule has 3 N–H and O–H groups in total. The SMILES string of the molecule is CS(=O)(=O)c1ccc(C(=O)OCC(=O)Nc2sc3c(c2C(N)=O)CCCC3)cc1[N+](=O)[O-]. The van der Waals surface area contributed by atoms with Gasteiger partial charge in [-0.2, -0.15) is 0 Å². The molecule has 0 aliphatic heterocycles. The lowest BCUT2D eigenvalue weighted by molar-refractivity contribution is -0.387. The van der Waals surface area contributed by atoms with Gasteiger partial charge in [-0.3, -0.25) is 19.7 Å². The molecule has 32 heavy (non-hydrogen) atoms. The molecule has 1 heterocycles. The summed E-state index contributed by atoms with van der Waals surface area (Å²) in [5.41, 5.74) is 5.50. The zero-order valence-electron chi connectivity index (χ0n) is 16.9. The summed E-state index contributed by atoms with van der Waals surface area (Å²) in [6, 6.07) is 2.76. The molecule has 0 unspecified atom stereocenters. The number of amides is 2. The highest BCUT2D eigenvalue weighted by Crippen LogP contribution is 2.37. The number of benzene rings is 1. The fourth-order valence-corrected chi connectivity index (χ4v) is 5.53. The number of carbonyl (C=O) groups excluding carboxylic acids is 3. The molecular formula is C19H19N3O8S2. The number of fused-ring (bicyclic) bond motifs is 1. The number of aryl methyl sites for hydroxylation is 1. The second-order valence-corrected chi connectivity index (χ2v) is 10.2. The first-order valence-corrected chi connectivity index (χ1v) is 12.1. The number of sulfone groups is 1. The van der Waals surface area contributed by atoms with Crippen molar-refractivity contribution in [1.29, 1.82) is 0 Å². The second kappa shape index (κ2) is 9.04. The lowest BCUT2D eigenvalue weighted by atomic mass is 9.95. The summed E-state index contributed by atoms with van der Waals surface area (Å²) in [6.45, 7) is -0.721. The first-order valence-electron chi connectivity index (χ1n) is 9.39. The van der Waals surface area contributed by atoms with E-state index in [9.17, 15) is 32.9 Å². The van der Waals surface area contributed by atoms with Gasteiger partial charge in [0.05, 0.1) is 16.1 Å². The molecule has 2 amide bonds. The molecule has 0 fully saturated rings. The molecule has 1 aromatic heterocycles. The Bertz CT molecular complexity index is 1230. The van der Waals surface area contributed by atoms with E-state index in [-0.39, 0.29) is 11.1 Å². The van der Waals surface area contributed by atoms with Crippen LogP contribution in [0.4, 0.5) is 10.7 Å². The predicted molar refractivity (Wildman–Crippen MR) is 115 cm³/mol. The van der Waals surface area contributed by atoms with Gasteiger partial charge in [0.1, 0.15) is 9.90 Å². The standard InChI is InChI=1S/C19H19N3O8S2/c1-32(28,29)14-7-6-10(8-12(14)22(26)27)19(25)30-9-15(23)21-18-16(17(20)24)11-4-2-3-5-13(11)31-18/h6-8H,2-5,9H2,1H3,(H2,20,24)(H,21,23). The first-order chi connectivity index (χ1) is 15.0. The Morgan fingerprint density at radius 1 is 1.25 bits per heavy atom. The highest BCUT2D eigenvalue weighted by Gasteiger charge is 2.26. The third-order valence-corrected chi connectivity index (χ3v) is 7.15. The second-order valence-electron chi connectivity index (χ2n) is 7.12. The maximum absolute atomic E-state index is 12.3. The van der Waals surface area contributed by atoms with E-state index in [4.69, 9.17) is 10.5 Å². The van der Waals surface area contributed by atoms with Crippen LogP contribution in [0.25, 0.3) is 0 Å². The third-order valence-electron chi connectivity index (χ3n) is 4.80. The summed E-state index contributed by atoms with van der Waals surface area (Å²) < 4.78 is 28.2. The number of carbonyl (C=O) groups is 3. The molecule has 0 radical (unpaired) electrons. The molecule has 0 atom stereocenters. The van der Waals surface area contributed by atoms with E-state index in [1.165, 1.54) is 11.3 Å². The van der Waals surface area contributed by atoms with Crippen LogP contribution in [0.3, 0.4) is 0 Å². The number of nitrogens with two attached hydrogens (primary N) is 1. The number of thiophene rings is 1. The van der Waals surface area contributed by atoms with Crippen molar-refractivity contribution in [2.45, 2.75) is 30.6 Å². The maximum Gasteiger partial charge on any atom is 0.338 e. The van der Waals surface area contributed by atoms with Crippen molar-refractivity contribution in [3.8, 4) is 0 Å². The van der Waals surface area contributed by atoms with E-state index < -0.39 is 49.7 Å². The molecule has 0 saturated heterocycles. The summed E-state index contributed by atoms with van der Waals surface area (Å²) in [6.07, 6.45) is 4.17. The Kier molecular flexibility index (Phi) is 6.60. The summed E-state index contributed by atoms with van der Waals surface area (Å²) in [5, 5.41) is 14.0. The van der Waals surface area contributed by atoms with Gasteiger partial charge in [-0.15, -0.1) is 11.3 Å². The normalized spacial score (nSPS) is 13.2. The largest absolute Gasteiger partial charge is 0.452 e. The Morgan fingerprint density at radius 2 is 1.94 bits per heavy atom. The van der Waals surface area contributed by atoms with Gasteiger partial charge in [0.2, 0.25) is 0 Å². The maximum atomic E-state index is 12.3. The summed E-state index contributed by atoms with van der Waals surface area (Å²) in [5.74, 6) is -2.43. The quantitative estimate of drug-likeness (QED) is 0.342. The minimum atomic E-state index is -3.89. The Morgan fingerprint density at radius 3 is 2.56 bits per heavy atom. The lowest BCUT2D eigenvalue weighted by Gasteiger charge is -2.11. The molecular weight excluding hydrogens is 462 g/mol. The Labute approximate surface area is 186 Å². The molecule has 11 nitrogen and oxygen atoms in total. The molecule has 2 aromatic rings. The van der Waals surface area contributed by atoms with E-state index >= 15 is 0 Å². The Hall–Kier alpha value is -3.32. The van der Waals surface area contributed by atoms with E-state index in [1.54, 1.807) is 0 Å². The van der Waals surface area contributed by atoms with Crippen LogP contribution in [0.5, 0.6) is 0 Å². The van der Waals surface area contributed by atoms with Crippen molar-refractivity contribution in [2.24, 2.45) is 5.73 Å². The number of anilines is 1. The van der Waals surface area contributed by atoms with Crippen molar-refractivity contribution in [1.82, 2.24) is 0 Å². The van der Waals surface area contributed by atoms with Crippen LogP contribution >= 0.6 is 11.3 Å². The number of nitrogens with zero attached hydrogens (tertiary/aromatic N) is 1. The number of esters is 1. The van der Waals surface area contributed by atoms with Gasteiger partial charge >= 0.3 is 5.97 Å². The average molecular weight is 482 g/mol. The predicted octanol–water partition coefficient (Wildman–Crippen LogP) is 1.83. The smallest absolute Gasteiger partial charge is 0.338 e. The molecule has 1 aliphatic carbocycles. The monoisotopic (exact) mass is 481 g/mol. The molecule has 3 rings (SSSR count). The van der Waals surface area contributed by atoms with Gasteiger partial charge in [-0.1, -0.05) is 0 Å². The van der Waals surface area contributed by atoms with Crippen LogP contribution in [0.2, 0.25) is 0 Å². The van der Waals surface area contributed by atoms with E-state index in [0.717, 1.165) is 54.2 Å². The van der Waals surface area contributed by atoms with Crippen LogP contribution < -0.4 is 11.1 Å². The number of rotatable bonds is 7. The molecule has 13 heteroatoms. The number of primary amides is 1. The number of ether oxygens (including phenoxy) is 1. The van der Waals surface area contributed by atoms with Crippen molar-refractivity contribution in [3.05, 3.63) is 49.9 Å². The molecule has 0 saturated carbocycles. The summed E-state index contributed by atoms with van der Waals surface area (Å²) in [7, 11) is -3.89. The minimum Gasteiger partial charge on any atom is -0.452 e. The number of hydrogen-bond acceptors (Lipinski definition) is 9. The van der Waals surface area contributed by atoms with Crippen LogP contribution in [-0.2, 0) is 32.2 Å². The lowest BCUT2D eigenvalue weighted by Crippen LogP contribution is -2.23. The van der Waals surface area contributed by atoms with Crippen molar-refractivity contribution in [2.75, 3.05) is 18.2 Å². The van der Waals surface area contributed by atoms with E-state index in [1.807, 2.05) is 0 Å². The van der Waals surface area contributed by atoms with Crippen LogP contribution in [0.15, 0.2) is 23.1 Å². The molecule has 1 aromatic carbocycles. The van der Waals surface area contributed by atoms with Gasteiger partial charge in [-0.25, -0.2) is 13.2 Å². The summed E-state index contributed by atoms with van der Waals surface area (Å²) in [4.78, 5) is 47.1. The minimum absolute atomic E-state index is 0.261. The van der Waals surface area contributed by atoms with Crippen LogP contribution in [0, 0.1) is 10.1 Å². The number of nitrogens with one attached hydrogen (secondary N) is 1. The fraction of sp³-hybridized carbons (Fsp3) is 0.316. The third kappa shape index (κ3) is 4.94. The number of nitro groups is 1. The zero-order valence-corrected chi connectivity index (χ0v) is 18.5.